The molecule has 1 unspecified atom stereocenters. The Bertz CT molecular complexity index is 506. The molecule has 5 heteroatoms. The second-order valence-corrected chi connectivity index (χ2v) is 4.96. The molecule has 0 bridgehead atoms. The maximum Gasteiger partial charge on any atom is 0.157 e. The maximum atomic E-state index is 5.94. The molecule has 92 valence electrons. The van der Waals surface area contributed by atoms with Crippen LogP contribution in [0.3, 0.4) is 0 Å². The molecule has 0 aliphatic heterocycles. The number of nitrogens with zero attached hydrogens (tertiary/aromatic N) is 3. The molecule has 2 aromatic heterocycles. The number of hydrogen-bond donors (Lipinski definition) is 1. The normalized spacial score (nSPS) is 13.5. The van der Waals surface area contributed by atoms with Crippen LogP contribution >= 0.6 is 11.6 Å². The third-order valence-corrected chi connectivity index (χ3v) is 3.11. The molecule has 0 saturated heterocycles. The van der Waals surface area contributed by atoms with Crippen LogP contribution in [0.25, 0.3) is 5.65 Å². The number of pyridine rings is 1. The summed E-state index contributed by atoms with van der Waals surface area (Å²) < 4.78 is 1.77. The molecule has 0 fully saturated rings. The van der Waals surface area contributed by atoms with E-state index < -0.39 is 0 Å². The first kappa shape index (κ1) is 12.3. The minimum Gasteiger partial charge on any atom is -0.319 e. The number of halogens is 1. The highest BCUT2D eigenvalue weighted by atomic mass is 35.5. The van der Waals surface area contributed by atoms with Crippen LogP contribution in [0.15, 0.2) is 18.3 Å². The number of nitrogens with one attached hydrogen (secondary N) is 1. The van der Waals surface area contributed by atoms with Gasteiger partial charge in [0.05, 0.1) is 0 Å². The fourth-order valence-electron chi connectivity index (χ4n) is 1.88. The lowest BCUT2D eigenvalue weighted by Gasteiger charge is -2.16. The Labute approximate surface area is 106 Å². The minimum absolute atomic E-state index is 0.318. The highest BCUT2D eigenvalue weighted by Crippen LogP contribution is 2.22. The van der Waals surface area contributed by atoms with E-state index in [1.165, 1.54) is 0 Å². The van der Waals surface area contributed by atoms with Crippen LogP contribution in [-0.2, 0) is 0 Å². The molecule has 2 heterocycles. The van der Waals surface area contributed by atoms with Crippen LogP contribution in [0.5, 0.6) is 0 Å². The van der Waals surface area contributed by atoms with E-state index >= 15 is 0 Å². The van der Waals surface area contributed by atoms with Gasteiger partial charge in [0.1, 0.15) is 0 Å². The smallest absolute Gasteiger partial charge is 0.157 e. The predicted molar refractivity (Wildman–Crippen MR) is 69.5 cm³/mol. The Balaban J connectivity index is 2.40. The van der Waals surface area contributed by atoms with Gasteiger partial charge in [-0.1, -0.05) is 25.4 Å². The van der Waals surface area contributed by atoms with Crippen molar-refractivity contribution >= 4 is 17.2 Å². The summed E-state index contributed by atoms with van der Waals surface area (Å²) in [5.74, 6) is 1.69. The van der Waals surface area contributed by atoms with Crippen molar-refractivity contribution in [2.45, 2.75) is 19.8 Å². The van der Waals surface area contributed by atoms with Crippen LogP contribution in [0.1, 0.15) is 25.6 Å². The standard InChI is InChI=1S/C12H17ClN4/c1-8(2)10(7-14-3)12-15-11-6-9(13)4-5-17(11)16-12/h4-6,8,10,14H,7H2,1-3H3. The van der Waals surface area contributed by atoms with Gasteiger partial charge in [-0.2, -0.15) is 5.10 Å². The van der Waals surface area contributed by atoms with Gasteiger partial charge in [-0.3, -0.25) is 0 Å². The van der Waals surface area contributed by atoms with Crippen molar-refractivity contribution in [3.8, 4) is 0 Å². The van der Waals surface area contributed by atoms with Crippen LogP contribution in [0.2, 0.25) is 5.02 Å². The van der Waals surface area contributed by atoms with Gasteiger partial charge in [0.2, 0.25) is 0 Å². The first-order chi connectivity index (χ1) is 8.11. The Morgan fingerprint density at radius 2 is 2.24 bits per heavy atom. The van der Waals surface area contributed by atoms with Crippen molar-refractivity contribution in [3.05, 3.63) is 29.2 Å². The Kier molecular flexibility index (Phi) is 3.64. The van der Waals surface area contributed by atoms with Gasteiger partial charge in [-0.15, -0.1) is 0 Å². The molecule has 2 rings (SSSR count). The largest absolute Gasteiger partial charge is 0.319 e. The van der Waals surface area contributed by atoms with E-state index in [0.717, 1.165) is 18.0 Å². The third-order valence-electron chi connectivity index (χ3n) is 2.88. The summed E-state index contributed by atoms with van der Waals surface area (Å²) in [5.41, 5.74) is 0.800. The molecule has 1 atom stereocenters. The van der Waals surface area contributed by atoms with Gasteiger partial charge < -0.3 is 5.32 Å². The van der Waals surface area contributed by atoms with Gasteiger partial charge in [-0.05, 0) is 19.0 Å². The second kappa shape index (κ2) is 5.02. The van der Waals surface area contributed by atoms with E-state index in [-0.39, 0.29) is 0 Å². The molecule has 0 saturated carbocycles. The second-order valence-electron chi connectivity index (χ2n) is 4.53. The van der Waals surface area contributed by atoms with Crippen molar-refractivity contribution in [1.29, 1.82) is 0 Å². The van der Waals surface area contributed by atoms with E-state index in [4.69, 9.17) is 11.6 Å². The van der Waals surface area contributed by atoms with Crippen molar-refractivity contribution in [2.24, 2.45) is 5.92 Å². The summed E-state index contributed by atoms with van der Waals surface area (Å²) >= 11 is 5.94. The van der Waals surface area contributed by atoms with Gasteiger partial charge >= 0.3 is 0 Å². The van der Waals surface area contributed by atoms with E-state index in [1.54, 1.807) is 4.52 Å². The molecular formula is C12H17ClN4. The first-order valence-electron chi connectivity index (χ1n) is 5.78. The first-order valence-corrected chi connectivity index (χ1v) is 6.16. The van der Waals surface area contributed by atoms with Crippen molar-refractivity contribution in [2.75, 3.05) is 13.6 Å². The molecule has 0 aromatic carbocycles. The SMILES string of the molecule is CNCC(c1nc2cc(Cl)ccn2n1)C(C)C. The van der Waals surface area contributed by atoms with E-state index in [9.17, 15) is 0 Å². The quantitative estimate of drug-likeness (QED) is 0.908. The summed E-state index contributed by atoms with van der Waals surface area (Å²) in [6, 6.07) is 3.64. The zero-order valence-electron chi connectivity index (χ0n) is 10.3. The van der Waals surface area contributed by atoms with E-state index in [1.807, 2.05) is 25.4 Å². The highest BCUT2D eigenvalue weighted by molar-refractivity contribution is 6.30. The monoisotopic (exact) mass is 252 g/mol. The van der Waals surface area contributed by atoms with E-state index in [0.29, 0.717) is 16.9 Å². The molecule has 0 radical (unpaired) electrons. The Morgan fingerprint density at radius 3 is 2.88 bits per heavy atom. The molecule has 1 N–H and O–H groups in total. The number of aromatic nitrogens is 3. The molecule has 0 aliphatic carbocycles. The number of fused-ring (bicyclic) bond motifs is 1. The number of rotatable bonds is 4. The van der Waals surface area contributed by atoms with Crippen molar-refractivity contribution in [3.63, 3.8) is 0 Å². The van der Waals surface area contributed by atoms with Crippen molar-refractivity contribution < 1.29 is 0 Å². The van der Waals surface area contributed by atoms with E-state index in [2.05, 4.69) is 29.2 Å². The fraction of sp³-hybridized carbons (Fsp3) is 0.500. The van der Waals surface area contributed by atoms with Crippen LogP contribution in [0, 0.1) is 5.92 Å². The molecule has 17 heavy (non-hydrogen) atoms. The minimum atomic E-state index is 0.318. The third kappa shape index (κ3) is 2.58. The maximum absolute atomic E-state index is 5.94. The number of hydrogen-bond acceptors (Lipinski definition) is 3. The zero-order chi connectivity index (χ0) is 12.4. The van der Waals surface area contributed by atoms with Gasteiger partial charge in [-0.25, -0.2) is 9.50 Å². The fourth-order valence-corrected chi connectivity index (χ4v) is 2.03. The van der Waals surface area contributed by atoms with Gasteiger partial charge in [0, 0.05) is 29.7 Å². The molecule has 0 aliphatic rings. The summed E-state index contributed by atoms with van der Waals surface area (Å²) in [4.78, 5) is 4.54. The topological polar surface area (TPSA) is 42.2 Å². The Morgan fingerprint density at radius 1 is 1.47 bits per heavy atom. The zero-order valence-corrected chi connectivity index (χ0v) is 11.1. The molecule has 2 aromatic rings. The summed E-state index contributed by atoms with van der Waals surface area (Å²) in [6.07, 6.45) is 1.84. The van der Waals surface area contributed by atoms with Gasteiger partial charge in [0.15, 0.2) is 11.5 Å². The average molecular weight is 253 g/mol. The predicted octanol–water partition coefficient (Wildman–Crippen LogP) is 2.34. The van der Waals surface area contributed by atoms with Crippen LogP contribution in [-0.4, -0.2) is 28.2 Å². The molecule has 0 spiro atoms. The average Bonchev–Trinajstić information content (AvgIpc) is 2.67. The molecule has 4 nitrogen and oxygen atoms in total. The summed E-state index contributed by atoms with van der Waals surface area (Å²) in [6.45, 7) is 5.24. The lowest BCUT2D eigenvalue weighted by Crippen LogP contribution is -2.22. The molecular weight excluding hydrogens is 236 g/mol. The lowest BCUT2D eigenvalue weighted by atomic mass is 9.95. The highest BCUT2D eigenvalue weighted by Gasteiger charge is 2.19. The van der Waals surface area contributed by atoms with Crippen molar-refractivity contribution in [1.82, 2.24) is 19.9 Å². The summed E-state index contributed by atoms with van der Waals surface area (Å²) in [7, 11) is 1.95. The number of likely N-dealkylation sites (N-methyl/N-ethyl adjacent to an activating group) is 1. The van der Waals surface area contributed by atoms with Gasteiger partial charge in [0.25, 0.3) is 0 Å². The lowest BCUT2D eigenvalue weighted by molar-refractivity contribution is 0.458. The van der Waals surface area contributed by atoms with Crippen LogP contribution in [0.4, 0.5) is 0 Å². The molecule has 0 amide bonds. The Hall–Kier alpha value is -1.13. The van der Waals surface area contributed by atoms with Crippen LogP contribution < -0.4 is 5.32 Å². The summed E-state index contributed by atoms with van der Waals surface area (Å²) in [5, 5.41) is 8.38.